The molecule has 2 aromatic rings. The van der Waals surface area contributed by atoms with Gasteiger partial charge in [0.15, 0.2) is 0 Å². The molecule has 0 heterocycles. The molecule has 0 spiro atoms. The summed E-state index contributed by atoms with van der Waals surface area (Å²) in [5.74, 6) is 0.333. The van der Waals surface area contributed by atoms with Gasteiger partial charge in [0.05, 0.1) is 12.7 Å². The SMILES string of the molecule is C=C(C(=O)OC)c1ccccc1Oc1ccc(C(C)=NC(C)=O)cc1. The Balaban J connectivity index is 2.25. The lowest BCUT2D eigenvalue weighted by atomic mass is 10.1. The standard InChI is InChI=1S/C20H19NO4/c1-13(20(23)24-4)18-7-5-6-8-19(18)25-17-11-9-16(10-12-17)14(2)21-15(3)22/h5-12H,1H2,2-4H3. The zero-order valence-corrected chi connectivity index (χ0v) is 14.4. The Hall–Kier alpha value is -3.21. The number of para-hydroxylation sites is 1. The third kappa shape index (κ3) is 4.64. The van der Waals surface area contributed by atoms with Crippen LogP contribution in [0.1, 0.15) is 25.0 Å². The zero-order chi connectivity index (χ0) is 18.4. The van der Waals surface area contributed by atoms with Crippen molar-refractivity contribution in [1.82, 2.24) is 0 Å². The fourth-order valence-electron chi connectivity index (χ4n) is 2.23. The first-order chi connectivity index (χ1) is 11.9. The average Bonchev–Trinajstić information content (AvgIpc) is 2.61. The second kappa shape index (κ2) is 8.06. The van der Waals surface area contributed by atoms with Gasteiger partial charge in [0, 0.05) is 18.2 Å². The second-order valence-corrected chi connectivity index (χ2v) is 5.31. The minimum absolute atomic E-state index is 0.221. The number of ether oxygens (including phenoxy) is 2. The lowest BCUT2D eigenvalue weighted by Crippen LogP contribution is -2.04. The number of rotatable bonds is 5. The molecule has 0 saturated heterocycles. The van der Waals surface area contributed by atoms with Crippen molar-refractivity contribution in [1.29, 1.82) is 0 Å². The summed E-state index contributed by atoms with van der Waals surface area (Å²) in [5.41, 5.74) is 2.25. The van der Waals surface area contributed by atoms with Gasteiger partial charge >= 0.3 is 5.97 Å². The summed E-state index contributed by atoms with van der Waals surface area (Å²) in [6.07, 6.45) is 0. The van der Waals surface area contributed by atoms with Gasteiger partial charge in [0.2, 0.25) is 5.91 Å². The van der Waals surface area contributed by atoms with Crippen molar-refractivity contribution in [3.8, 4) is 11.5 Å². The highest BCUT2D eigenvalue weighted by Crippen LogP contribution is 2.30. The van der Waals surface area contributed by atoms with E-state index < -0.39 is 5.97 Å². The molecule has 0 aromatic heterocycles. The van der Waals surface area contributed by atoms with Gasteiger partial charge < -0.3 is 9.47 Å². The van der Waals surface area contributed by atoms with Crippen LogP contribution in [0.25, 0.3) is 5.57 Å². The minimum atomic E-state index is -0.512. The first-order valence-corrected chi connectivity index (χ1v) is 7.63. The van der Waals surface area contributed by atoms with Crippen LogP contribution in [0.15, 0.2) is 60.1 Å². The van der Waals surface area contributed by atoms with Crippen molar-refractivity contribution in [3.05, 3.63) is 66.2 Å². The van der Waals surface area contributed by atoms with E-state index in [4.69, 9.17) is 9.47 Å². The number of hydrogen-bond donors (Lipinski definition) is 0. The third-order valence-corrected chi connectivity index (χ3v) is 3.47. The molecular weight excluding hydrogens is 318 g/mol. The Morgan fingerprint density at radius 2 is 1.64 bits per heavy atom. The van der Waals surface area contributed by atoms with E-state index >= 15 is 0 Å². The van der Waals surface area contributed by atoms with Crippen molar-refractivity contribution in [3.63, 3.8) is 0 Å². The van der Waals surface area contributed by atoms with E-state index in [0.717, 1.165) is 5.56 Å². The highest BCUT2D eigenvalue weighted by Gasteiger charge is 2.14. The molecule has 2 aromatic carbocycles. The smallest absolute Gasteiger partial charge is 0.337 e. The molecule has 128 valence electrons. The first-order valence-electron chi connectivity index (χ1n) is 7.63. The summed E-state index contributed by atoms with van der Waals surface area (Å²) in [6.45, 7) is 6.94. The summed E-state index contributed by atoms with van der Waals surface area (Å²) in [6, 6.07) is 14.3. The molecular formula is C20H19NO4. The first kappa shape index (κ1) is 18.1. The van der Waals surface area contributed by atoms with Crippen molar-refractivity contribution < 1.29 is 19.1 Å². The van der Waals surface area contributed by atoms with E-state index in [-0.39, 0.29) is 11.5 Å². The van der Waals surface area contributed by atoms with Gasteiger partial charge in [0.1, 0.15) is 11.5 Å². The fraction of sp³-hybridized carbons (Fsp3) is 0.150. The van der Waals surface area contributed by atoms with Crippen LogP contribution in [0.2, 0.25) is 0 Å². The minimum Gasteiger partial charge on any atom is -0.465 e. The van der Waals surface area contributed by atoms with Gasteiger partial charge in [-0.2, -0.15) is 0 Å². The van der Waals surface area contributed by atoms with Gasteiger partial charge in [-0.05, 0) is 42.8 Å². The van der Waals surface area contributed by atoms with Crippen LogP contribution in [-0.2, 0) is 14.3 Å². The van der Waals surface area contributed by atoms with E-state index in [9.17, 15) is 9.59 Å². The third-order valence-electron chi connectivity index (χ3n) is 3.47. The molecule has 1 amide bonds. The van der Waals surface area contributed by atoms with E-state index in [2.05, 4.69) is 11.6 Å². The lowest BCUT2D eigenvalue weighted by molar-refractivity contribution is -0.133. The van der Waals surface area contributed by atoms with Crippen LogP contribution in [-0.4, -0.2) is 24.7 Å². The van der Waals surface area contributed by atoms with Gasteiger partial charge in [-0.3, -0.25) is 4.79 Å². The maximum Gasteiger partial charge on any atom is 0.337 e. The van der Waals surface area contributed by atoms with Crippen LogP contribution < -0.4 is 4.74 Å². The summed E-state index contributed by atoms with van der Waals surface area (Å²) < 4.78 is 10.6. The molecule has 0 aliphatic carbocycles. The quantitative estimate of drug-likeness (QED) is 0.469. The Morgan fingerprint density at radius 1 is 1.00 bits per heavy atom. The normalized spacial score (nSPS) is 10.9. The zero-order valence-electron chi connectivity index (χ0n) is 14.4. The molecule has 0 bridgehead atoms. The molecule has 0 aliphatic rings. The number of methoxy groups -OCH3 is 1. The van der Waals surface area contributed by atoms with Gasteiger partial charge in [0.25, 0.3) is 0 Å². The summed E-state index contributed by atoms with van der Waals surface area (Å²) in [4.78, 5) is 26.7. The van der Waals surface area contributed by atoms with Crippen LogP contribution in [0.3, 0.4) is 0 Å². The van der Waals surface area contributed by atoms with E-state index in [0.29, 0.717) is 22.8 Å². The van der Waals surface area contributed by atoms with E-state index in [1.54, 1.807) is 43.3 Å². The number of carbonyl (C=O) groups is 2. The van der Waals surface area contributed by atoms with Crippen LogP contribution in [0, 0.1) is 0 Å². The van der Waals surface area contributed by atoms with Gasteiger partial charge in [-0.25, -0.2) is 9.79 Å². The topological polar surface area (TPSA) is 65.0 Å². The Morgan fingerprint density at radius 3 is 2.24 bits per heavy atom. The van der Waals surface area contributed by atoms with Crippen molar-refractivity contribution in [2.45, 2.75) is 13.8 Å². The molecule has 5 nitrogen and oxygen atoms in total. The van der Waals surface area contributed by atoms with Crippen molar-refractivity contribution >= 4 is 23.2 Å². The second-order valence-electron chi connectivity index (χ2n) is 5.31. The predicted octanol–water partition coefficient (Wildman–Crippen LogP) is 4.02. The fourth-order valence-corrected chi connectivity index (χ4v) is 2.23. The number of nitrogens with zero attached hydrogens (tertiary/aromatic N) is 1. The lowest BCUT2D eigenvalue weighted by Gasteiger charge is -2.12. The summed E-state index contributed by atoms with van der Waals surface area (Å²) >= 11 is 0. The Bertz CT molecular complexity index is 835. The average molecular weight is 337 g/mol. The Labute approximate surface area is 146 Å². The summed E-state index contributed by atoms with van der Waals surface area (Å²) in [7, 11) is 1.31. The molecule has 0 aliphatic heterocycles. The highest BCUT2D eigenvalue weighted by atomic mass is 16.5. The Kier molecular flexibility index (Phi) is 5.84. The van der Waals surface area contributed by atoms with Crippen molar-refractivity contribution in [2.75, 3.05) is 7.11 Å². The molecule has 0 atom stereocenters. The van der Waals surface area contributed by atoms with E-state index in [1.165, 1.54) is 14.0 Å². The highest BCUT2D eigenvalue weighted by molar-refractivity contribution is 6.16. The number of aliphatic imine (C=N–C) groups is 1. The maximum atomic E-state index is 11.7. The van der Waals surface area contributed by atoms with Crippen LogP contribution >= 0.6 is 0 Å². The number of carbonyl (C=O) groups excluding carboxylic acids is 2. The molecule has 0 radical (unpaired) electrons. The molecule has 0 N–H and O–H groups in total. The monoisotopic (exact) mass is 337 g/mol. The van der Waals surface area contributed by atoms with E-state index in [1.807, 2.05) is 12.1 Å². The number of esters is 1. The number of hydrogen-bond acceptors (Lipinski definition) is 4. The molecule has 0 unspecified atom stereocenters. The van der Waals surface area contributed by atoms with Crippen LogP contribution in [0.5, 0.6) is 11.5 Å². The van der Waals surface area contributed by atoms with Gasteiger partial charge in [-0.1, -0.05) is 24.8 Å². The maximum absolute atomic E-state index is 11.7. The number of amides is 1. The molecule has 2 rings (SSSR count). The molecule has 5 heteroatoms. The largest absolute Gasteiger partial charge is 0.465 e. The summed E-state index contributed by atoms with van der Waals surface area (Å²) in [5, 5.41) is 0. The van der Waals surface area contributed by atoms with Gasteiger partial charge in [-0.15, -0.1) is 0 Å². The molecule has 25 heavy (non-hydrogen) atoms. The predicted molar refractivity (Wildman–Crippen MR) is 96.9 cm³/mol. The van der Waals surface area contributed by atoms with Crippen LogP contribution in [0.4, 0.5) is 0 Å². The molecule has 0 fully saturated rings. The molecule has 0 saturated carbocycles. The van der Waals surface area contributed by atoms with Crippen molar-refractivity contribution in [2.24, 2.45) is 4.99 Å². The number of benzene rings is 2.